The molecule has 0 fully saturated rings. The van der Waals surface area contributed by atoms with Crippen LogP contribution >= 0.6 is 0 Å². The fourth-order valence-corrected chi connectivity index (χ4v) is 1.43. The van der Waals surface area contributed by atoms with E-state index in [0.717, 1.165) is 18.2 Å². The number of amides is 2. The van der Waals surface area contributed by atoms with Crippen LogP contribution in [0.4, 0.5) is 20.6 Å². The summed E-state index contributed by atoms with van der Waals surface area (Å²) >= 11 is 0. The average Bonchev–Trinajstić information content (AvgIpc) is 2.40. The molecule has 9 nitrogen and oxygen atoms in total. The molecule has 0 aliphatic heterocycles. The van der Waals surface area contributed by atoms with Gasteiger partial charge >= 0.3 is 12.0 Å². The number of nitrogens with zero attached hydrogens (tertiary/aromatic N) is 1. The molecular formula is C11H12FN3O6. The Balaban J connectivity index is 2.80. The highest BCUT2D eigenvalue weighted by Crippen LogP contribution is 2.21. The number of non-ortho nitro benzene ring substituents is 1. The first kappa shape index (κ1) is 16.3. The molecule has 0 unspecified atom stereocenters. The summed E-state index contributed by atoms with van der Waals surface area (Å²) in [4.78, 5) is 32.1. The zero-order chi connectivity index (χ0) is 16.0. The largest absolute Gasteiger partial charge is 0.480 e. The molecule has 2 amide bonds. The zero-order valence-electron chi connectivity index (χ0n) is 10.6. The number of carbonyl (C=O) groups is 2. The molecule has 10 heteroatoms. The van der Waals surface area contributed by atoms with Gasteiger partial charge in [0.05, 0.1) is 10.6 Å². The highest BCUT2D eigenvalue weighted by atomic mass is 19.1. The van der Waals surface area contributed by atoms with Crippen LogP contribution in [0.2, 0.25) is 0 Å². The first-order valence-electron chi connectivity index (χ1n) is 5.70. The predicted molar refractivity (Wildman–Crippen MR) is 68.3 cm³/mol. The van der Waals surface area contributed by atoms with Crippen molar-refractivity contribution in [3.63, 3.8) is 0 Å². The summed E-state index contributed by atoms with van der Waals surface area (Å²) in [5.74, 6) is -2.29. The number of carboxylic acids is 1. The number of nitrogens with one attached hydrogen (secondary N) is 2. The van der Waals surface area contributed by atoms with Gasteiger partial charge in [-0.25, -0.2) is 14.0 Å². The Labute approximate surface area is 117 Å². The molecule has 4 N–H and O–H groups in total. The summed E-state index contributed by atoms with van der Waals surface area (Å²) in [7, 11) is 0. The van der Waals surface area contributed by atoms with Crippen LogP contribution in [-0.4, -0.2) is 39.8 Å². The lowest BCUT2D eigenvalue weighted by atomic mass is 10.2. The number of urea groups is 1. The molecule has 0 aromatic heterocycles. The molecule has 0 spiro atoms. The van der Waals surface area contributed by atoms with Crippen LogP contribution in [0.3, 0.4) is 0 Å². The Hall–Kier alpha value is -2.75. The summed E-state index contributed by atoms with van der Waals surface area (Å²) in [5.41, 5.74) is -0.897. The van der Waals surface area contributed by atoms with Gasteiger partial charge in [0.2, 0.25) is 0 Å². The highest BCUT2D eigenvalue weighted by Gasteiger charge is 2.20. The maximum atomic E-state index is 13.4. The van der Waals surface area contributed by atoms with Crippen molar-refractivity contribution < 1.29 is 29.1 Å². The smallest absolute Gasteiger partial charge is 0.326 e. The van der Waals surface area contributed by atoms with Crippen molar-refractivity contribution in [2.24, 2.45) is 0 Å². The maximum absolute atomic E-state index is 13.4. The van der Waals surface area contributed by atoms with E-state index < -0.39 is 46.8 Å². The Kier molecular flexibility index (Phi) is 5.55. The van der Waals surface area contributed by atoms with Crippen LogP contribution < -0.4 is 10.6 Å². The second-order valence-corrected chi connectivity index (χ2v) is 3.92. The Morgan fingerprint density at radius 2 is 2.10 bits per heavy atom. The number of anilines is 1. The van der Waals surface area contributed by atoms with Gasteiger partial charge in [-0.05, 0) is 6.07 Å². The van der Waals surface area contributed by atoms with Crippen molar-refractivity contribution in [2.75, 3.05) is 11.9 Å². The second-order valence-electron chi connectivity index (χ2n) is 3.92. The molecule has 0 bridgehead atoms. The number of aliphatic hydroxyl groups excluding tert-OH is 1. The van der Waals surface area contributed by atoms with Gasteiger partial charge in [-0.2, -0.15) is 0 Å². The topological polar surface area (TPSA) is 142 Å². The number of nitro groups is 1. The molecule has 0 saturated heterocycles. The summed E-state index contributed by atoms with van der Waals surface area (Å²) in [6.07, 6.45) is -0.236. The molecule has 21 heavy (non-hydrogen) atoms. The number of aliphatic carboxylic acids is 1. The Bertz CT molecular complexity index is 565. The third-order valence-electron chi connectivity index (χ3n) is 2.43. The van der Waals surface area contributed by atoms with E-state index in [9.17, 15) is 24.1 Å². The van der Waals surface area contributed by atoms with E-state index in [1.807, 2.05) is 10.6 Å². The van der Waals surface area contributed by atoms with Gasteiger partial charge in [-0.1, -0.05) is 0 Å². The quantitative estimate of drug-likeness (QED) is 0.450. The maximum Gasteiger partial charge on any atom is 0.326 e. The molecule has 1 aromatic carbocycles. The summed E-state index contributed by atoms with van der Waals surface area (Å²) in [6.45, 7) is -0.470. The minimum Gasteiger partial charge on any atom is -0.480 e. The van der Waals surface area contributed by atoms with Crippen molar-refractivity contribution in [3.8, 4) is 0 Å². The molecule has 114 valence electrons. The lowest BCUT2D eigenvalue weighted by molar-refractivity contribution is -0.384. The Morgan fingerprint density at radius 3 is 2.62 bits per heavy atom. The Morgan fingerprint density at radius 1 is 1.43 bits per heavy atom. The monoisotopic (exact) mass is 301 g/mol. The van der Waals surface area contributed by atoms with E-state index in [4.69, 9.17) is 10.2 Å². The van der Waals surface area contributed by atoms with Gasteiger partial charge in [-0.3, -0.25) is 10.1 Å². The van der Waals surface area contributed by atoms with Crippen LogP contribution in [0.15, 0.2) is 18.2 Å². The molecular weight excluding hydrogens is 289 g/mol. The fraction of sp³-hybridized carbons (Fsp3) is 0.273. The summed E-state index contributed by atoms with van der Waals surface area (Å²) in [6, 6.07) is 0.101. The SMILES string of the molecule is O=C(Nc1cc([N+](=O)[O-])ccc1F)N[C@@H](CCO)C(=O)O. The minimum absolute atomic E-state index is 0.236. The normalized spacial score (nSPS) is 11.5. The molecule has 0 aliphatic rings. The lowest BCUT2D eigenvalue weighted by Crippen LogP contribution is -2.43. The number of rotatable bonds is 6. The third-order valence-corrected chi connectivity index (χ3v) is 2.43. The molecule has 1 rings (SSSR count). The standard InChI is InChI=1S/C11H12FN3O6/c12-7-2-1-6(15(20)21)5-9(7)14-11(19)13-8(3-4-16)10(17)18/h1-2,5,8,16H,3-4H2,(H,17,18)(H2,13,14,19)/t8-/m0/s1. The van der Waals surface area contributed by atoms with Gasteiger partial charge in [0.1, 0.15) is 11.9 Å². The molecule has 1 aromatic rings. The molecule has 1 atom stereocenters. The van der Waals surface area contributed by atoms with E-state index in [1.165, 1.54) is 0 Å². The van der Waals surface area contributed by atoms with E-state index in [2.05, 4.69) is 0 Å². The fourth-order valence-electron chi connectivity index (χ4n) is 1.43. The number of benzene rings is 1. The van der Waals surface area contributed by atoms with Gasteiger partial charge in [-0.15, -0.1) is 0 Å². The first-order valence-corrected chi connectivity index (χ1v) is 5.70. The van der Waals surface area contributed by atoms with Crippen LogP contribution in [0.25, 0.3) is 0 Å². The molecule has 0 radical (unpaired) electrons. The van der Waals surface area contributed by atoms with Gasteiger partial charge in [0, 0.05) is 25.2 Å². The van der Waals surface area contributed by atoms with E-state index >= 15 is 0 Å². The van der Waals surface area contributed by atoms with E-state index in [-0.39, 0.29) is 6.42 Å². The minimum atomic E-state index is -1.38. The number of carbonyl (C=O) groups excluding carboxylic acids is 1. The second kappa shape index (κ2) is 7.14. The van der Waals surface area contributed by atoms with Gasteiger partial charge < -0.3 is 20.8 Å². The van der Waals surface area contributed by atoms with Crippen LogP contribution in [0.1, 0.15) is 6.42 Å². The number of hydrogen-bond donors (Lipinski definition) is 4. The van der Waals surface area contributed by atoms with Crippen molar-refractivity contribution in [3.05, 3.63) is 34.1 Å². The molecule has 0 saturated carbocycles. The lowest BCUT2D eigenvalue weighted by Gasteiger charge is -2.14. The highest BCUT2D eigenvalue weighted by molar-refractivity contribution is 5.92. The van der Waals surface area contributed by atoms with E-state index in [1.54, 1.807) is 0 Å². The van der Waals surface area contributed by atoms with Crippen molar-refractivity contribution in [1.29, 1.82) is 0 Å². The number of halogens is 1. The molecule has 0 heterocycles. The van der Waals surface area contributed by atoms with Crippen molar-refractivity contribution in [2.45, 2.75) is 12.5 Å². The third kappa shape index (κ3) is 4.69. The summed E-state index contributed by atoms with van der Waals surface area (Å²) < 4.78 is 13.4. The molecule has 0 aliphatic carbocycles. The van der Waals surface area contributed by atoms with Crippen LogP contribution in [-0.2, 0) is 4.79 Å². The number of nitro benzene ring substituents is 1. The predicted octanol–water partition coefficient (Wildman–Crippen LogP) is 0.691. The zero-order valence-corrected chi connectivity index (χ0v) is 10.6. The van der Waals surface area contributed by atoms with Crippen molar-refractivity contribution >= 4 is 23.4 Å². The van der Waals surface area contributed by atoms with Crippen molar-refractivity contribution in [1.82, 2.24) is 5.32 Å². The number of hydrogen-bond acceptors (Lipinski definition) is 5. The number of aliphatic hydroxyl groups is 1. The number of carboxylic acid groups (broad SMARTS) is 1. The van der Waals surface area contributed by atoms with Crippen LogP contribution in [0.5, 0.6) is 0 Å². The first-order chi connectivity index (χ1) is 9.85. The summed E-state index contributed by atoms with van der Waals surface area (Å²) in [5, 5.41) is 32.0. The van der Waals surface area contributed by atoms with Gasteiger partial charge in [0.25, 0.3) is 5.69 Å². The average molecular weight is 301 g/mol. The van der Waals surface area contributed by atoms with Gasteiger partial charge in [0.15, 0.2) is 0 Å². The van der Waals surface area contributed by atoms with E-state index in [0.29, 0.717) is 0 Å². The van der Waals surface area contributed by atoms with Crippen LogP contribution in [0, 0.1) is 15.9 Å².